The number of rotatable bonds is 7. The predicted molar refractivity (Wildman–Crippen MR) is 56.9 cm³/mol. The summed E-state index contributed by atoms with van der Waals surface area (Å²) in [6, 6.07) is 0. The predicted octanol–water partition coefficient (Wildman–Crippen LogP) is -0.185. The second-order valence-electron chi connectivity index (χ2n) is 3.19. The minimum Gasteiger partial charge on any atom is -0.379 e. The van der Waals surface area contributed by atoms with Gasteiger partial charge in [-0.05, 0) is 6.92 Å². The van der Waals surface area contributed by atoms with Crippen LogP contribution in [0.5, 0.6) is 0 Å². The molecular weight excluding hydrogens is 180 g/mol. The zero-order valence-corrected chi connectivity index (χ0v) is 8.55. The Balaban J connectivity index is 3.94. The zero-order chi connectivity index (χ0) is 11.0. The van der Waals surface area contributed by atoms with E-state index in [1.165, 1.54) is 6.92 Å². The van der Waals surface area contributed by atoms with E-state index in [1.54, 1.807) is 12.2 Å². The van der Waals surface area contributed by atoms with E-state index < -0.39 is 11.5 Å². The number of hydrogen-bond donors (Lipinski definition) is 3. The fourth-order valence-electron chi connectivity index (χ4n) is 0.853. The van der Waals surface area contributed by atoms with Gasteiger partial charge >= 0.3 is 0 Å². The minimum absolute atomic E-state index is 0.196. The number of carbonyl (C=O) groups is 1. The van der Waals surface area contributed by atoms with E-state index >= 15 is 0 Å². The van der Waals surface area contributed by atoms with E-state index in [0.29, 0.717) is 13.1 Å². The number of carbonyl (C=O) groups excluding carboxylic acids is 1. The second-order valence-corrected chi connectivity index (χ2v) is 3.19. The van der Waals surface area contributed by atoms with Gasteiger partial charge in [0.1, 0.15) is 0 Å². The average Bonchev–Trinajstić information content (AvgIpc) is 2.14. The Morgan fingerprint density at radius 1 is 1.43 bits per heavy atom. The maximum atomic E-state index is 11.3. The molecule has 0 aliphatic rings. The summed E-state index contributed by atoms with van der Waals surface area (Å²) in [5.74, 6) is -0.408. The van der Waals surface area contributed by atoms with E-state index in [-0.39, 0.29) is 6.54 Å². The third-order valence-electron chi connectivity index (χ3n) is 1.65. The summed E-state index contributed by atoms with van der Waals surface area (Å²) in [5, 5.41) is 15.1. The molecule has 0 saturated carbocycles. The van der Waals surface area contributed by atoms with Crippen LogP contribution in [0.3, 0.4) is 0 Å². The Morgan fingerprint density at radius 3 is 2.50 bits per heavy atom. The van der Waals surface area contributed by atoms with Gasteiger partial charge in [-0.1, -0.05) is 12.2 Å². The van der Waals surface area contributed by atoms with E-state index in [0.717, 1.165) is 0 Å². The summed E-state index contributed by atoms with van der Waals surface area (Å²) in [4.78, 5) is 11.3. The lowest BCUT2D eigenvalue weighted by Gasteiger charge is -2.21. The molecule has 4 nitrogen and oxygen atoms in total. The van der Waals surface area contributed by atoms with Crippen LogP contribution in [0.25, 0.3) is 0 Å². The molecule has 0 aromatic carbocycles. The third kappa shape index (κ3) is 4.79. The number of amides is 1. The molecule has 4 heteroatoms. The first-order valence-electron chi connectivity index (χ1n) is 4.47. The molecule has 0 aromatic heterocycles. The molecule has 0 heterocycles. The van der Waals surface area contributed by atoms with Crippen LogP contribution < -0.4 is 10.6 Å². The fourth-order valence-corrected chi connectivity index (χ4v) is 0.853. The molecule has 0 aliphatic heterocycles. The van der Waals surface area contributed by atoms with Gasteiger partial charge < -0.3 is 15.7 Å². The van der Waals surface area contributed by atoms with Crippen LogP contribution in [-0.4, -0.2) is 36.2 Å². The van der Waals surface area contributed by atoms with Crippen molar-refractivity contribution >= 4 is 5.91 Å². The van der Waals surface area contributed by atoms with Crippen LogP contribution in [0.2, 0.25) is 0 Å². The van der Waals surface area contributed by atoms with Gasteiger partial charge in [0, 0.05) is 19.6 Å². The molecular formula is C10H18N2O2. The largest absolute Gasteiger partial charge is 0.379 e. The Hall–Kier alpha value is -1.13. The van der Waals surface area contributed by atoms with Gasteiger partial charge in [-0.2, -0.15) is 0 Å². The third-order valence-corrected chi connectivity index (χ3v) is 1.65. The standard InChI is InChI=1S/C10H18N2O2/c1-4-6-11-8-10(3,14)9(13)12-7-5-2/h4-5,11,14H,1-2,6-8H2,3H3,(H,12,13)/t10-/m0/s1. The van der Waals surface area contributed by atoms with Crippen molar-refractivity contribution < 1.29 is 9.90 Å². The number of nitrogens with one attached hydrogen (secondary N) is 2. The van der Waals surface area contributed by atoms with Crippen LogP contribution in [0, 0.1) is 0 Å². The summed E-state index contributed by atoms with van der Waals surface area (Å²) in [7, 11) is 0. The van der Waals surface area contributed by atoms with Crippen molar-refractivity contribution in [2.24, 2.45) is 0 Å². The van der Waals surface area contributed by atoms with Crippen molar-refractivity contribution in [3.05, 3.63) is 25.3 Å². The van der Waals surface area contributed by atoms with Gasteiger partial charge in [0.25, 0.3) is 5.91 Å². The normalized spacial score (nSPS) is 14.1. The molecule has 0 unspecified atom stereocenters. The van der Waals surface area contributed by atoms with E-state index in [4.69, 9.17) is 0 Å². The second kappa shape index (κ2) is 6.34. The molecule has 1 atom stereocenters. The Labute approximate surface area is 84.7 Å². The van der Waals surface area contributed by atoms with Crippen LogP contribution in [0.4, 0.5) is 0 Å². The maximum absolute atomic E-state index is 11.3. The van der Waals surface area contributed by atoms with E-state index in [9.17, 15) is 9.90 Å². The smallest absolute Gasteiger partial charge is 0.253 e. The summed E-state index contributed by atoms with van der Waals surface area (Å²) < 4.78 is 0. The monoisotopic (exact) mass is 198 g/mol. The minimum atomic E-state index is -1.40. The average molecular weight is 198 g/mol. The SMILES string of the molecule is C=CCNC[C@](C)(O)C(=O)NCC=C. The highest BCUT2D eigenvalue weighted by molar-refractivity contribution is 5.84. The molecule has 0 aliphatic carbocycles. The van der Waals surface area contributed by atoms with E-state index in [2.05, 4.69) is 23.8 Å². The highest BCUT2D eigenvalue weighted by Gasteiger charge is 2.28. The van der Waals surface area contributed by atoms with Gasteiger partial charge in [0.2, 0.25) is 0 Å². The van der Waals surface area contributed by atoms with Gasteiger partial charge in [0.15, 0.2) is 5.60 Å². The summed E-state index contributed by atoms with van der Waals surface area (Å²) in [6.07, 6.45) is 3.23. The zero-order valence-electron chi connectivity index (χ0n) is 8.55. The van der Waals surface area contributed by atoms with Crippen molar-refractivity contribution in [2.45, 2.75) is 12.5 Å². The topological polar surface area (TPSA) is 61.4 Å². The fraction of sp³-hybridized carbons (Fsp3) is 0.500. The molecule has 0 saturated heterocycles. The Morgan fingerprint density at radius 2 is 2.00 bits per heavy atom. The van der Waals surface area contributed by atoms with Crippen LogP contribution >= 0.6 is 0 Å². The highest BCUT2D eigenvalue weighted by Crippen LogP contribution is 2.00. The molecule has 80 valence electrons. The first-order valence-corrected chi connectivity index (χ1v) is 4.47. The summed E-state index contributed by atoms with van der Waals surface area (Å²) in [5.41, 5.74) is -1.40. The summed E-state index contributed by atoms with van der Waals surface area (Å²) >= 11 is 0. The first-order chi connectivity index (χ1) is 6.54. The molecule has 14 heavy (non-hydrogen) atoms. The Bertz CT molecular complexity index is 212. The highest BCUT2D eigenvalue weighted by atomic mass is 16.3. The first kappa shape index (κ1) is 12.9. The van der Waals surface area contributed by atoms with Crippen LogP contribution in [0.1, 0.15) is 6.92 Å². The van der Waals surface area contributed by atoms with Crippen molar-refractivity contribution in [1.82, 2.24) is 10.6 Å². The number of aliphatic hydroxyl groups is 1. The van der Waals surface area contributed by atoms with Crippen LogP contribution in [-0.2, 0) is 4.79 Å². The lowest BCUT2D eigenvalue weighted by atomic mass is 10.1. The van der Waals surface area contributed by atoms with E-state index in [1.807, 2.05) is 0 Å². The van der Waals surface area contributed by atoms with Crippen molar-refractivity contribution in [3.63, 3.8) is 0 Å². The van der Waals surface area contributed by atoms with Crippen molar-refractivity contribution in [1.29, 1.82) is 0 Å². The van der Waals surface area contributed by atoms with Crippen LogP contribution in [0.15, 0.2) is 25.3 Å². The maximum Gasteiger partial charge on any atom is 0.253 e. The lowest BCUT2D eigenvalue weighted by molar-refractivity contribution is -0.137. The molecule has 0 bridgehead atoms. The quantitative estimate of drug-likeness (QED) is 0.393. The molecule has 0 aromatic rings. The molecule has 0 rings (SSSR count). The molecule has 0 fully saturated rings. The number of hydrogen-bond acceptors (Lipinski definition) is 3. The molecule has 0 spiro atoms. The molecule has 3 N–H and O–H groups in total. The summed E-state index contributed by atoms with van der Waals surface area (Å²) in [6.45, 7) is 9.56. The Kier molecular flexibility index (Phi) is 5.83. The van der Waals surface area contributed by atoms with Gasteiger partial charge in [-0.15, -0.1) is 13.2 Å². The van der Waals surface area contributed by atoms with Crippen molar-refractivity contribution in [3.8, 4) is 0 Å². The van der Waals surface area contributed by atoms with Crippen molar-refractivity contribution in [2.75, 3.05) is 19.6 Å². The van der Waals surface area contributed by atoms with Gasteiger partial charge in [-0.3, -0.25) is 4.79 Å². The molecule has 0 radical (unpaired) electrons. The van der Waals surface area contributed by atoms with Gasteiger partial charge in [-0.25, -0.2) is 0 Å². The molecule has 1 amide bonds. The lowest BCUT2D eigenvalue weighted by Crippen LogP contribution is -2.51. The van der Waals surface area contributed by atoms with Gasteiger partial charge in [0.05, 0.1) is 0 Å².